The topological polar surface area (TPSA) is 74.6 Å². The first-order valence-electron chi connectivity index (χ1n) is 6.74. The highest BCUT2D eigenvalue weighted by Gasteiger charge is 2.38. The molecule has 2 aliphatic rings. The summed E-state index contributed by atoms with van der Waals surface area (Å²) in [6.07, 6.45) is 2.93. The minimum atomic E-state index is -0.192. The number of piperazine rings is 2. The van der Waals surface area contributed by atoms with Crippen LogP contribution in [-0.4, -0.2) is 87.1 Å². The molecular weight excluding hydrogens is 260 g/mol. The van der Waals surface area contributed by atoms with Gasteiger partial charge in [-0.3, -0.25) is 14.5 Å². The van der Waals surface area contributed by atoms with Gasteiger partial charge in [-0.25, -0.2) is 9.67 Å². The molecule has 0 saturated carbocycles. The predicted molar refractivity (Wildman–Crippen MR) is 69.6 cm³/mol. The molecule has 20 heavy (non-hydrogen) atoms. The van der Waals surface area contributed by atoms with E-state index in [0.717, 1.165) is 19.6 Å². The van der Waals surface area contributed by atoms with E-state index in [4.69, 9.17) is 0 Å². The third-order valence-electron chi connectivity index (χ3n) is 3.99. The van der Waals surface area contributed by atoms with Crippen LogP contribution >= 0.6 is 0 Å². The summed E-state index contributed by atoms with van der Waals surface area (Å²) in [4.78, 5) is 33.9. The summed E-state index contributed by atoms with van der Waals surface area (Å²) < 4.78 is 1.50. The number of amides is 2. The van der Waals surface area contributed by atoms with Gasteiger partial charge < -0.3 is 9.80 Å². The van der Waals surface area contributed by atoms with Crippen molar-refractivity contribution < 1.29 is 9.59 Å². The van der Waals surface area contributed by atoms with E-state index < -0.39 is 0 Å². The lowest BCUT2D eigenvalue weighted by molar-refractivity contribution is -0.147. The molecule has 0 aromatic carbocycles. The van der Waals surface area contributed by atoms with Crippen LogP contribution in [0.3, 0.4) is 0 Å². The van der Waals surface area contributed by atoms with Crippen LogP contribution < -0.4 is 0 Å². The van der Waals surface area contributed by atoms with E-state index in [0.29, 0.717) is 13.1 Å². The van der Waals surface area contributed by atoms with Crippen LogP contribution in [0.15, 0.2) is 12.7 Å². The smallest absolute Gasteiger partial charge is 0.244 e. The molecule has 1 aromatic heterocycles. The minimum Gasteiger partial charge on any atom is -0.343 e. The summed E-state index contributed by atoms with van der Waals surface area (Å²) in [6, 6.07) is -0.192. The fourth-order valence-electron chi connectivity index (χ4n) is 2.74. The van der Waals surface area contributed by atoms with Crippen LogP contribution in [0.4, 0.5) is 0 Å². The van der Waals surface area contributed by atoms with Gasteiger partial charge in [0.05, 0.1) is 0 Å². The summed E-state index contributed by atoms with van der Waals surface area (Å²) >= 11 is 0. The van der Waals surface area contributed by atoms with Crippen molar-refractivity contribution in [2.24, 2.45) is 0 Å². The Kier molecular flexibility index (Phi) is 3.39. The summed E-state index contributed by atoms with van der Waals surface area (Å²) in [7, 11) is 1.82. The zero-order chi connectivity index (χ0) is 14.1. The molecule has 0 radical (unpaired) electrons. The first kappa shape index (κ1) is 13.0. The number of hydrogen-bond acceptors (Lipinski definition) is 5. The van der Waals surface area contributed by atoms with Crippen molar-refractivity contribution in [2.75, 3.05) is 39.8 Å². The van der Waals surface area contributed by atoms with Crippen LogP contribution in [0, 0.1) is 0 Å². The predicted octanol–water partition coefficient (Wildman–Crippen LogP) is -1.74. The van der Waals surface area contributed by atoms with Gasteiger partial charge in [-0.1, -0.05) is 0 Å². The molecule has 108 valence electrons. The normalized spacial score (nSPS) is 23.9. The van der Waals surface area contributed by atoms with E-state index in [2.05, 4.69) is 15.0 Å². The second-order valence-corrected chi connectivity index (χ2v) is 5.24. The highest BCUT2D eigenvalue weighted by molar-refractivity contribution is 5.84. The van der Waals surface area contributed by atoms with Crippen molar-refractivity contribution in [3.05, 3.63) is 12.7 Å². The highest BCUT2D eigenvalue weighted by atomic mass is 16.2. The Hall–Kier alpha value is -1.96. The Balaban J connectivity index is 1.64. The monoisotopic (exact) mass is 278 g/mol. The van der Waals surface area contributed by atoms with E-state index in [9.17, 15) is 9.59 Å². The van der Waals surface area contributed by atoms with E-state index in [-0.39, 0.29) is 24.4 Å². The molecule has 1 atom stereocenters. The largest absolute Gasteiger partial charge is 0.343 e. The van der Waals surface area contributed by atoms with Crippen molar-refractivity contribution in [3.8, 4) is 0 Å². The van der Waals surface area contributed by atoms with Gasteiger partial charge in [-0.05, 0) is 0 Å². The van der Waals surface area contributed by atoms with Crippen LogP contribution in [0.5, 0.6) is 0 Å². The van der Waals surface area contributed by atoms with Crippen molar-refractivity contribution in [1.29, 1.82) is 0 Å². The van der Waals surface area contributed by atoms with Crippen LogP contribution in [-0.2, 0) is 16.1 Å². The molecule has 1 aromatic rings. The highest BCUT2D eigenvalue weighted by Crippen LogP contribution is 2.16. The lowest BCUT2D eigenvalue weighted by Crippen LogP contribution is -2.64. The molecular formula is C12H18N6O2. The summed E-state index contributed by atoms with van der Waals surface area (Å²) in [5.41, 5.74) is 0. The quantitative estimate of drug-likeness (QED) is 0.642. The van der Waals surface area contributed by atoms with Gasteiger partial charge in [-0.2, -0.15) is 5.10 Å². The Labute approximate surface area is 116 Å². The third-order valence-corrected chi connectivity index (χ3v) is 3.99. The van der Waals surface area contributed by atoms with Crippen molar-refractivity contribution in [1.82, 2.24) is 29.5 Å². The van der Waals surface area contributed by atoms with Crippen molar-refractivity contribution in [2.45, 2.75) is 12.6 Å². The third kappa shape index (κ3) is 2.38. The average Bonchev–Trinajstić information content (AvgIpc) is 2.95. The second-order valence-electron chi connectivity index (χ2n) is 5.24. The maximum Gasteiger partial charge on any atom is 0.244 e. The van der Waals surface area contributed by atoms with Crippen molar-refractivity contribution >= 4 is 11.8 Å². The fraction of sp³-hybridized carbons (Fsp3) is 0.667. The Morgan fingerprint density at radius 1 is 1.35 bits per heavy atom. The molecule has 3 rings (SSSR count). The van der Waals surface area contributed by atoms with E-state index in [1.807, 2.05) is 7.05 Å². The molecule has 0 N–H and O–H groups in total. The van der Waals surface area contributed by atoms with Crippen LogP contribution in [0.25, 0.3) is 0 Å². The van der Waals surface area contributed by atoms with Gasteiger partial charge in [0.15, 0.2) is 0 Å². The number of rotatable bonds is 2. The molecule has 3 heterocycles. The van der Waals surface area contributed by atoms with Gasteiger partial charge in [0.1, 0.15) is 25.2 Å². The zero-order valence-corrected chi connectivity index (χ0v) is 11.5. The van der Waals surface area contributed by atoms with Crippen LogP contribution in [0.2, 0.25) is 0 Å². The standard InChI is InChI=1S/C12H18N6O2/c1-15-2-3-16-4-5-17(6-10(16)12(15)20)11(19)7-18-9-13-8-14-18/h8-10H,2-7H2,1H3/t10-/m0/s1. The summed E-state index contributed by atoms with van der Waals surface area (Å²) in [5.74, 6) is 0.0886. The molecule has 8 heteroatoms. The Morgan fingerprint density at radius 2 is 2.15 bits per heavy atom. The molecule has 2 fully saturated rings. The SMILES string of the molecule is CN1CCN2CCN(C(=O)Cn3cncn3)C[C@H]2C1=O. The zero-order valence-electron chi connectivity index (χ0n) is 11.5. The fourth-order valence-corrected chi connectivity index (χ4v) is 2.74. The van der Waals surface area contributed by atoms with Gasteiger partial charge in [0, 0.05) is 39.8 Å². The number of aromatic nitrogens is 3. The molecule has 2 aliphatic heterocycles. The molecule has 0 unspecified atom stereocenters. The Morgan fingerprint density at radius 3 is 2.90 bits per heavy atom. The first-order valence-corrected chi connectivity index (χ1v) is 6.74. The maximum atomic E-state index is 12.2. The number of fused-ring (bicyclic) bond motifs is 1. The van der Waals surface area contributed by atoms with E-state index >= 15 is 0 Å². The number of nitrogens with zero attached hydrogens (tertiary/aromatic N) is 6. The number of carbonyl (C=O) groups excluding carboxylic acids is 2. The minimum absolute atomic E-state index is 0.0174. The second kappa shape index (κ2) is 5.20. The summed E-state index contributed by atoms with van der Waals surface area (Å²) in [5, 5.41) is 3.93. The number of likely N-dealkylation sites (N-methyl/N-ethyl adjacent to an activating group) is 1. The van der Waals surface area contributed by atoms with Gasteiger partial charge in [-0.15, -0.1) is 0 Å². The Bertz CT molecular complexity index is 502. The number of carbonyl (C=O) groups is 2. The van der Waals surface area contributed by atoms with Crippen molar-refractivity contribution in [3.63, 3.8) is 0 Å². The molecule has 0 spiro atoms. The molecule has 2 saturated heterocycles. The van der Waals surface area contributed by atoms with Crippen LogP contribution in [0.1, 0.15) is 0 Å². The molecule has 8 nitrogen and oxygen atoms in total. The van der Waals surface area contributed by atoms with E-state index in [1.165, 1.54) is 17.3 Å². The first-order chi connectivity index (χ1) is 9.65. The molecule has 0 aliphatic carbocycles. The lowest BCUT2D eigenvalue weighted by Gasteiger charge is -2.45. The lowest BCUT2D eigenvalue weighted by atomic mass is 10.1. The average molecular weight is 278 g/mol. The molecule has 2 amide bonds. The summed E-state index contributed by atoms with van der Waals surface area (Å²) in [6.45, 7) is 3.72. The van der Waals surface area contributed by atoms with Gasteiger partial charge >= 0.3 is 0 Å². The van der Waals surface area contributed by atoms with Gasteiger partial charge in [0.25, 0.3) is 0 Å². The van der Waals surface area contributed by atoms with Gasteiger partial charge in [0.2, 0.25) is 11.8 Å². The number of hydrogen-bond donors (Lipinski definition) is 0. The maximum absolute atomic E-state index is 12.2. The molecule has 0 bridgehead atoms. The van der Waals surface area contributed by atoms with E-state index in [1.54, 1.807) is 9.80 Å².